The molecule has 15 heavy (non-hydrogen) atoms. The zero-order valence-corrected chi connectivity index (χ0v) is 10.7. The minimum Gasteiger partial charge on any atom is -0.612 e. The summed E-state index contributed by atoms with van der Waals surface area (Å²) in [7, 11) is 0. The normalized spacial score (nSPS) is 13.9. The van der Waals surface area contributed by atoms with Gasteiger partial charge in [-0.25, -0.2) is 0 Å². The van der Waals surface area contributed by atoms with E-state index in [-0.39, 0.29) is 5.41 Å². The highest BCUT2D eigenvalue weighted by molar-refractivity contribution is 7.90. The highest BCUT2D eigenvalue weighted by Crippen LogP contribution is 2.28. The molecule has 1 aromatic rings. The van der Waals surface area contributed by atoms with E-state index in [0.29, 0.717) is 0 Å². The second-order valence-electron chi connectivity index (χ2n) is 4.50. The first-order chi connectivity index (χ1) is 6.97. The molecule has 0 saturated carbocycles. The molecule has 0 amide bonds. The highest BCUT2D eigenvalue weighted by atomic mass is 32.2. The first kappa shape index (κ1) is 12.5. The van der Waals surface area contributed by atoms with Gasteiger partial charge in [0.2, 0.25) is 0 Å². The lowest BCUT2D eigenvalue weighted by molar-refractivity contribution is 0.470. The number of hydrogen-bond acceptors (Lipinski definition) is 2. The first-order valence-electron chi connectivity index (χ1n) is 5.26. The Hall–Kier alpha value is -0.540. The molecule has 0 bridgehead atoms. The van der Waals surface area contributed by atoms with Crippen molar-refractivity contribution in [2.45, 2.75) is 43.9 Å². The molecule has 1 rings (SSSR count). The summed E-state index contributed by atoms with van der Waals surface area (Å²) in [6.07, 6.45) is 7.52. The average molecular weight is 225 g/mol. The summed E-state index contributed by atoms with van der Waals surface area (Å²) in [5.41, 5.74) is 1.30. The zero-order chi connectivity index (χ0) is 11.5. The minimum absolute atomic E-state index is 0.122. The van der Waals surface area contributed by atoms with Crippen molar-refractivity contribution in [3.63, 3.8) is 0 Å². The fourth-order valence-corrected chi connectivity index (χ4v) is 2.22. The van der Waals surface area contributed by atoms with Gasteiger partial charge in [-0.3, -0.25) is 4.98 Å². The summed E-state index contributed by atoms with van der Waals surface area (Å²) in [4.78, 5) is 4.98. The fourth-order valence-electron chi connectivity index (χ4n) is 1.72. The molecular weight excluding hydrogens is 206 g/mol. The van der Waals surface area contributed by atoms with Gasteiger partial charge in [-0.1, -0.05) is 27.2 Å². The molecule has 0 spiro atoms. The Bertz CT molecular complexity index is 323. The fraction of sp³-hybridized carbons (Fsp3) is 0.583. The SMILES string of the molecule is CCCC(C)(C)c1cncc([S+](C)[O-])c1. The van der Waals surface area contributed by atoms with Crippen molar-refractivity contribution >= 4 is 11.2 Å². The third kappa shape index (κ3) is 3.21. The predicted molar refractivity (Wildman–Crippen MR) is 64.5 cm³/mol. The van der Waals surface area contributed by atoms with Crippen LogP contribution in [0, 0.1) is 0 Å². The molecule has 0 aliphatic heterocycles. The first-order valence-corrected chi connectivity index (χ1v) is 6.82. The van der Waals surface area contributed by atoms with Gasteiger partial charge in [0.15, 0.2) is 4.90 Å². The van der Waals surface area contributed by atoms with Gasteiger partial charge in [0.05, 0.1) is 6.20 Å². The van der Waals surface area contributed by atoms with E-state index >= 15 is 0 Å². The number of hydrogen-bond donors (Lipinski definition) is 0. The summed E-state index contributed by atoms with van der Waals surface area (Å²) in [6.45, 7) is 6.59. The van der Waals surface area contributed by atoms with E-state index in [0.717, 1.165) is 17.7 Å². The number of aromatic nitrogens is 1. The standard InChI is InChI=1S/C12H19NOS/c1-5-6-12(2,3)10-7-11(15(4)14)9-13-8-10/h7-9H,5-6H2,1-4H3. The van der Waals surface area contributed by atoms with Crippen molar-refractivity contribution in [3.05, 3.63) is 24.0 Å². The van der Waals surface area contributed by atoms with Gasteiger partial charge in [0, 0.05) is 12.3 Å². The Morgan fingerprint density at radius 3 is 2.60 bits per heavy atom. The Labute approximate surface area is 95.3 Å². The Kier molecular flexibility index (Phi) is 4.17. The van der Waals surface area contributed by atoms with Gasteiger partial charge in [-0.2, -0.15) is 0 Å². The lowest BCUT2D eigenvalue weighted by Gasteiger charge is -2.24. The molecule has 3 heteroatoms. The summed E-state index contributed by atoms with van der Waals surface area (Å²) in [5.74, 6) is 0. The Balaban J connectivity index is 2.99. The van der Waals surface area contributed by atoms with Crippen molar-refractivity contribution in [2.75, 3.05) is 6.26 Å². The van der Waals surface area contributed by atoms with Crippen LogP contribution in [-0.4, -0.2) is 15.8 Å². The third-order valence-corrected chi connectivity index (χ3v) is 3.59. The molecule has 1 heterocycles. The molecule has 0 aliphatic rings. The van der Waals surface area contributed by atoms with Crippen LogP contribution in [0.3, 0.4) is 0 Å². The smallest absolute Gasteiger partial charge is 0.170 e. The van der Waals surface area contributed by atoms with E-state index < -0.39 is 11.2 Å². The number of nitrogens with zero attached hydrogens (tertiary/aromatic N) is 1. The molecule has 0 radical (unpaired) electrons. The Morgan fingerprint density at radius 1 is 1.40 bits per heavy atom. The number of rotatable bonds is 4. The molecular formula is C12H19NOS. The maximum Gasteiger partial charge on any atom is 0.170 e. The molecule has 0 fully saturated rings. The van der Waals surface area contributed by atoms with Crippen LogP contribution in [0.15, 0.2) is 23.4 Å². The second-order valence-corrected chi connectivity index (χ2v) is 5.88. The van der Waals surface area contributed by atoms with Crippen molar-refractivity contribution in [1.29, 1.82) is 0 Å². The molecule has 0 aliphatic carbocycles. The van der Waals surface area contributed by atoms with Gasteiger partial charge in [-0.15, -0.1) is 0 Å². The largest absolute Gasteiger partial charge is 0.612 e. The maximum absolute atomic E-state index is 11.4. The lowest BCUT2D eigenvalue weighted by Crippen LogP contribution is -2.17. The van der Waals surface area contributed by atoms with Crippen LogP contribution >= 0.6 is 0 Å². The quantitative estimate of drug-likeness (QED) is 0.739. The van der Waals surface area contributed by atoms with Crippen LogP contribution in [0.4, 0.5) is 0 Å². The van der Waals surface area contributed by atoms with E-state index in [9.17, 15) is 4.55 Å². The summed E-state index contributed by atoms with van der Waals surface area (Å²) in [6, 6.07) is 2.01. The summed E-state index contributed by atoms with van der Waals surface area (Å²) in [5, 5.41) is 0. The molecule has 1 unspecified atom stereocenters. The maximum atomic E-state index is 11.4. The van der Waals surface area contributed by atoms with E-state index in [1.54, 1.807) is 12.5 Å². The molecule has 0 N–H and O–H groups in total. The van der Waals surface area contributed by atoms with Crippen molar-refractivity contribution in [3.8, 4) is 0 Å². The van der Waals surface area contributed by atoms with Crippen LogP contribution in [0.2, 0.25) is 0 Å². The summed E-state index contributed by atoms with van der Waals surface area (Å²) < 4.78 is 11.4. The monoisotopic (exact) mass is 225 g/mol. The van der Waals surface area contributed by atoms with Gasteiger partial charge in [0.1, 0.15) is 6.26 Å². The highest BCUT2D eigenvalue weighted by Gasteiger charge is 2.21. The van der Waals surface area contributed by atoms with Crippen LogP contribution in [0.1, 0.15) is 39.2 Å². The average Bonchev–Trinajstić information content (AvgIpc) is 2.18. The topological polar surface area (TPSA) is 36.0 Å². The van der Waals surface area contributed by atoms with Gasteiger partial charge in [-0.05, 0) is 28.6 Å². The zero-order valence-electron chi connectivity index (χ0n) is 9.91. The van der Waals surface area contributed by atoms with Gasteiger partial charge in [0.25, 0.3) is 0 Å². The summed E-state index contributed by atoms with van der Waals surface area (Å²) >= 11 is -0.940. The third-order valence-electron chi connectivity index (χ3n) is 2.70. The van der Waals surface area contributed by atoms with E-state index in [4.69, 9.17) is 0 Å². The molecule has 0 aromatic carbocycles. The number of pyridine rings is 1. The van der Waals surface area contributed by atoms with Crippen molar-refractivity contribution in [2.24, 2.45) is 0 Å². The predicted octanol–water partition coefficient (Wildman–Crippen LogP) is 2.90. The van der Waals surface area contributed by atoms with Gasteiger partial charge >= 0.3 is 0 Å². The van der Waals surface area contributed by atoms with Crippen LogP contribution in [-0.2, 0) is 16.6 Å². The van der Waals surface area contributed by atoms with E-state index in [1.807, 2.05) is 12.3 Å². The molecule has 1 atom stereocenters. The van der Waals surface area contributed by atoms with Crippen LogP contribution in [0.5, 0.6) is 0 Å². The molecule has 84 valence electrons. The molecule has 0 saturated heterocycles. The van der Waals surface area contributed by atoms with E-state index in [2.05, 4.69) is 25.8 Å². The Morgan fingerprint density at radius 2 is 2.07 bits per heavy atom. The molecule has 2 nitrogen and oxygen atoms in total. The van der Waals surface area contributed by atoms with Crippen molar-refractivity contribution < 1.29 is 4.55 Å². The van der Waals surface area contributed by atoms with Crippen LogP contribution < -0.4 is 0 Å². The van der Waals surface area contributed by atoms with Gasteiger partial charge < -0.3 is 4.55 Å². The van der Waals surface area contributed by atoms with Crippen molar-refractivity contribution in [1.82, 2.24) is 4.98 Å². The molecule has 1 aromatic heterocycles. The minimum atomic E-state index is -0.940. The second kappa shape index (κ2) is 4.99. The van der Waals surface area contributed by atoms with E-state index in [1.165, 1.54) is 5.56 Å². The lowest BCUT2D eigenvalue weighted by atomic mass is 9.82. The van der Waals surface area contributed by atoms with Crippen LogP contribution in [0.25, 0.3) is 0 Å².